The number of hydrogen-bond acceptors (Lipinski definition) is 7. The van der Waals surface area contributed by atoms with Gasteiger partial charge in [0.1, 0.15) is 5.71 Å². The number of piperidine rings is 1. The largest absolute Gasteiger partial charge is 0.376 e. The lowest BCUT2D eigenvalue weighted by molar-refractivity contribution is 0.166. The van der Waals surface area contributed by atoms with E-state index < -0.39 is 0 Å². The number of para-hydroxylation sites is 1. The van der Waals surface area contributed by atoms with Crippen LogP contribution < -0.4 is 9.80 Å². The Balaban J connectivity index is 1.51. The average molecular weight is 499 g/mol. The van der Waals surface area contributed by atoms with Gasteiger partial charge >= 0.3 is 0 Å². The summed E-state index contributed by atoms with van der Waals surface area (Å²) in [6.07, 6.45) is 4.58. The molecule has 0 saturated carbocycles. The van der Waals surface area contributed by atoms with E-state index in [0.717, 1.165) is 66.2 Å². The molecule has 0 radical (unpaired) electrons. The van der Waals surface area contributed by atoms with E-state index in [2.05, 4.69) is 102 Å². The van der Waals surface area contributed by atoms with E-state index in [0.29, 0.717) is 0 Å². The third-order valence-electron chi connectivity index (χ3n) is 7.39. The molecule has 2 aliphatic rings. The molecule has 194 valence electrons. The summed E-state index contributed by atoms with van der Waals surface area (Å²) in [5.74, 6) is 1.64. The van der Waals surface area contributed by atoms with E-state index in [1.54, 1.807) is 0 Å². The predicted octanol–water partition coefficient (Wildman–Crippen LogP) is 5.80. The minimum atomic E-state index is 0.178. The van der Waals surface area contributed by atoms with Gasteiger partial charge in [-0.25, -0.2) is 4.99 Å². The van der Waals surface area contributed by atoms with Gasteiger partial charge in [-0.2, -0.15) is 9.78 Å². The van der Waals surface area contributed by atoms with Crippen molar-refractivity contribution in [2.45, 2.75) is 52.5 Å². The van der Waals surface area contributed by atoms with Crippen molar-refractivity contribution in [1.29, 1.82) is 0 Å². The quantitative estimate of drug-likeness (QED) is 0.393. The molecule has 1 fully saturated rings. The number of benzene rings is 2. The van der Waals surface area contributed by atoms with E-state index in [-0.39, 0.29) is 6.04 Å². The molecule has 37 heavy (non-hydrogen) atoms. The van der Waals surface area contributed by atoms with Crippen LogP contribution in [0.2, 0.25) is 0 Å². The lowest BCUT2D eigenvalue weighted by Crippen LogP contribution is -2.33. The van der Waals surface area contributed by atoms with Crippen LogP contribution in [0.3, 0.4) is 0 Å². The summed E-state index contributed by atoms with van der Waals surface area (Å²) < 4.78 is 1.93. The number of rotatable bonds is 8. The van der Waals surface area contributed by atoms with Crippen LogP contribution in [-0.2, 0) is 0 Å². The maximum absolute atomic E-state index is 5.15. The zero-order valence-corrected chi connectivity index (χ0v) is 22.7. The number of nitrogens with zero attached hydrogens (tertiary/aromatic N) is 8. The monoisotopic (exact) mass is 498 g/mol. The highest BCUT2D eigenvalue weighted by Gasteiger charge is 2.31. The van der Waals surface area contributed by atoms with Crippen LogP contribution in [0.4, 0.5) is 22.7 Å². The van der Waals surface area contributed by atoms with Gasteiger partial charge in [0, 0.05) is 32.0 Å². The SMILES string of the molecule is CCC1=Nn2c(nnc2C(C)N2CCCCC2)/C1=N\c1ccc(N(CC)c2ccccc2)cc1N(C)C. The summed E-state index contributed by atoms with van der Waals surface area (Å²) in [6, 6.07) is 17.1. The molecule has 3 heterocycles. The predicted molar refractivity (Wildman–Crippen MR) is 153 cm³/mol. The topological polar surface area (TPSA) is 65.2 Å². The first-order chi connectivity index (χ1) is 18.0. The summed E-state index contributed by atoms with van der Waals surface area (Å²) in [5, 5.41) is 14.1. The summed E-state index contributed by atoms with van der Waals surface area (Å²) in [4.78, 5) is 12.1. The fraction of sp³-hybridized carbons (Fsp3) is 0.448. The molecule has 8 heteroatoms. The van der Waals surface area contributed by atoms with Crippen molar-refractivity contribution in [2.75, 3.05) is 43.5 Å². The molecule has 1 atom stereocenters. The molecule has 0 bridgehead atoms. The van der Waals surface area contributed by atoms with Crippen molar-refractivity contribution in [1.82, 2.24) is 19.8 Å². The minimum absolute atomic E-state index is 0.178. The molecule has 2 aliphatic heterocycles. The minimum Gasteiger partial charge on any atom is -0.376 e. The Labute approximate surface area is 220 Å². The van der Waals surface area contributed by atoms with Crippen LogP contribution >= 0.6 is 0 Å². The fourth-order valence-electron chi connectivity index (χ4n) is 5.29. The average Bonchev–Trinajstić information content (AvgIpc) is 3.50. The van der Waals surface area contributed by atoms with Crippen LogP contribution in [-0.4, -0.2) is 64.9 Å². The Kier molecular flexibility index (Phi) is 7.37. The van der Waals surface area contributed by atoms with Crippen LogP contribution in [0, 0.1) is 0 Å². The van der Waals surface area contributed by atoms with Gasteiger partial charge in [-0.15, -0.1) is 10.2 Å². The van der Waals surface area contributed by atoms with Crippen molar-refractivity contribution >= 4 is 34.2 Å². The summed E-state index contributed by atoms with van der Waals surface area (Å²) in [7, 11) is 4.12. The van der Waals surface area contributed by atoms with Crippen molar-refractivity contribution in [3.8, 4) is 0 Å². The Bertz CT molecular complexity index is 1280. The van der Waals surface area contributed by atoms with Gasteiger partial charge in [0.25, 0.3) is 0 Å². The molecule has 0 spiro atoms. The van der Waals surface area contributed by atoms with Crippen LogP contribution in [0.1, 0.15) is 64.1 Å². The highest BCUT2D eigenvalue weighted by atomic mass is 15.5. The van der Waals surface area contributed by atoms with Gasteiger partial charge in [-0.05, 0) is 76.5 Å². The van der Waals surface area contributed by atoms with E-state index in [4.69, 9.17) is 10.1 Å². The first kappa shape index (κ1) is 25.1. The molecule has 2 aromatic carbocycles. The van der Waals surface area contributed by atoms with Crippen molar-refractivity contribution in [3.05, 3.63) is 60.2 Å². The number of aliphatic imine (C=N–C) groups is 1. The Morgan fingerprint density at radius 1 is 0.946 bits per heavy atom. The maximum Gasteiger partial charge on any atom is 0.205 e. The second kappa shape index (κ2) is 10.8. The molecule has 0 N–H and O–H groups in total. The Hall–Kier alpha value is -3.52. The van der Waals surface area contributed by atoms with E-state index in [9.17, 15) is 0 Å². The third-order valence-corrected chi connectivity index (χ3v) is 7.39. The van der Waals surface area contributed by atoms with E-state index in [1.807, 2.05) is 10.7 Å². The molecular weight excluding hydrogens is 460 g/mol. The number of aromatic nitrogens is 3. The number of hydrogen-bond donors (Lipinski definition) is 0. The highest BCUT2D eigenvalue weighted by Crippen LogP contribution is 2.36. The van der Waals surface area contributed by atoms with Crippen LogP contribution in [0.5, 0.6) is 0 Å². The number of fused-ring (bicyclic) bond motifs is 1. The molecule has 1 saturated heterocycles. The highest BCUT2D eigenvalue weighted by molar-refractivity contribution is 6.49. The second-order valence-electron chi connectivity index (χ2n) is 9.97. The van der Waals surface area contributed by atoms with Crippen LogP contribution in [0.25, 0.3) is 0 Å². The first-order valence-electron chi connectivity index (χ1n) is 13.5. The summed E-state index contributed by atoms with van der Waals surface area (Å²) in [6.45, 7) is 9.59. The molecule has 0 aliphatic carbocycles. The normalized spacial score (nSPS) is 17.5. The maximum atomic E-state index is 5.15. The van der Waals surface area contributed by atoms with Gasteiger partial charge in [0.15, 0.2) is 5.82 Å². The van der Waals surface area contributed by atoms with E-state index >= 15 is 0 Å². The zero-order chi connectivity index (χ0) is 25.9. The molecule has 1 unspecified atom stereocenters. The second-order valence-corrected chi connectivity index (χ2v) is 9.97. The lowest BCUT2D eigenvalue weighted by atomic mass is 10.1. The summed E-state index contributed by atoms with van der Waals surface area (Å²) in [5.41, 5.74) is 6.03. The fourth-order valence-corrected chi connectivity index (χ4v) is 5.29. The van der Waals surface area contributed by atoms with Gasteiger partial charge in [0.05, 0.1) is 23.1 Å². The molecule has 5 rings (SSSR count). The Morgan fingerprint density at radius 2 is 1.70 bits per heavy atom. The standard InChI is InChI=1S/C29H38N8/c1-6-24-27(29-32-31-28(37(29)33-24)21(3)35-18-12-9-13-19-35)30-25-17-16-23(20-26(25)34(4)5)36(7-2)22-14-10-8-11-15-22/h8,10-11,14-17,20-21H,6-7,9,12-13,18-19H2,1-5H3/b30-27-. The smallest absolute Gasteiger partial charge is 0.205 e. The molecule has 8 nitrogen and oxygen atoms in total. The zero-order valence-electron chi connectivity index (χ0n) is 22.7. The van der Waals surface area contributed by atoms with Gasteiger partial charge in [-0.3, -0.25) is 4.90 Å². The molecular formula is C29H38N8. The van der Waals surface area contributed by atoms with Crippen molar-refractivity contribution in [3.63, 3.8) is 0 Å². The molecule has 1 aromatic heterocycles. The first-order valence-corrected chi connectivity index (χ1v) is 13.5. The third kappa shape index (κ3) is 4.90. The van der Waals surface area contributed by atoms with E-state index in [1.165, 1.54) is 24.9 Å². The number of likely N-dealkylation sites (tertiary alicyclic amines) is 1. The number of anilines is 3. The van der Waals surface area contributed by atoms with Gasteiger partial charge in [0.2, 0.25) is 5.82 Å². The van der Waals surface area contributed by atoms with Gasteiger partial charge in [-0.1, -0.05) is 31.5 Å². The van der Waals surface area contributed by atoms with Crippen LogP contribution in [0.15, 0.2) is 58.6 Å². The van der Waals surface area contributed by atoms with Crippen molar-refractivity contribution < 1.29 is 0 Å². The van der Waals surface area contributed by atoms with Crippen molar-refractivity contribution in [2.24, 2.45) is 10.1 Å². The van der Waals surface area contributed by atoms with Gasteiger partial charge < -0.3 is 9.80 Å². The molecule has 0 amide bonds. The summed E-state index contributed by atoms with van der Waals surface area (Å²) >= 11 is 0. The Morgan fingerprint density at radius 3 is 2.38 bits per heavy atom. The lowest BCUT2D eigenvalue weighted by Gasteiger charge is -2.31. The molecule has 3 aromatic rings.